The zero-order chi connectivity index (χ0) is 21.0. The van der Waals surface area contributed by atoms with E-state index >= 15 is 0 Å². The van der Waals surface area contributed by atoms with Crippen LogP contribution in [0.2, 0.25) is 0 Å². The van der Waals surface area contributed by atoms with Crippen molar-refractivity contribution in [1.82, 2.24) is 15.2 Å². The van der Waals surface area contributed by atoms with Crippen molar-refractivity contribution in [2.24, 2.45) is 0 Å². The Bertz CT molecular complexity index is 1020. The average Bonchev–Trinajstić information content (AvgIpc) is 3.18. The molecule has 1 unspecified atom stereocenters. The number of amides is 1. The Balaban J connectivity index is 1.71. The molecule has 0 aliphatic heterocycles. The first-order chi connectivity index (χ1) is 13.9. The first kappa shape index (κ1) is 20.7. The average molecular weight is 413 g/mol. The van der Waals surface area contributed by atoms with Gasteiger partial charge in [-0.25, -0.2) is 4.98 Å². The number of nitrogens with one attached hydrogen (secondary N) is 2. The van der Waals surface area contributed by atoms with E-state index < -0.39 is 0 Å². The molecule has 8 heteroatoms. The molecule has 2 N–H and O–H groups in total. The van der Waals surface area contributed by atoms with Gasteiger partial charge in [-0.3, -0.25) is 9.89 Å². The molecule has 0 bridgehead atoms. The Kier molecular flexibility index (Phi) is 6.43. The summed E-state index contributed by atoms with van der Waals surface area (Å²) in [5.74, 6) is 1.78. The van der Waals surface area contributed by atoms with Gasteiger partial charge in [0, 0.05) is 11.8 Å². The summed E-state index contributed by atoms with van der Waals surface area (Å²) >= 11 is 1.29. The lowest BCUT2D eigenvalue weighted by molar-refractivity contribution is -0.115. The number of aryl methyl sites for hydroxylation is 2. The van der Waals surface area contributed by atoms with Crippen LogP contribution in [0.3, 0.4) is 0 Å². The summed E-state index contributed by atoms with van der Waals surface area (Å²) < 4.78 is 10.6. The molecule has 1 amide bonds. The third-order valence-corrected chi connectivity index (χ3v) is 5.39. The third-order valence-electron chi connectivity index (χ3n) is 4.43. The number of anilines is 1. The number of thioether (sulfide) groups is 1. The molecular formula is C21H24N4O3S. The van der Waals surface area contributed by atoms with Gasteiger partial charge in [-0.05, 0) is 50.1 Å². The molecule has 0 saturated carbocycles. The highest BCUT2D eigenvalue weighted by Gasteiger charge is 2.19. The zero-order valence-electron chi connectivity index (χ0n) is 17.1. The Morgan fingerprint density at radius 3 is 2.66 bits per heavy atom. The van der Waals surface area contributed by atoms with Gasteiger partial charge in [0.25, 0.3) is 0 Å². The quantitative estimate of drug-likeness (QED) is 0.565. The molecule has 0 spiro atoms. The standard InChI is InChI=1S/C21H24N4O3S/c1-12-6-7-13(2)17(10-12)22-20(26)14(3)29-21-23-19(24-25-21)16-9-8-15(27-4)11-18(16)28-5/h6-11,14H,1-5H3,(H,22,26)(H,23,24,25). The smallest absolute Gasteiger partial charge is 0.237 e. The molecule has 3 rings (SSSR count). The maximum Gasteiger partial charge on any atom is 0.237 e. The fourth-order valence-electron chi connectivity index (χ4n) is 2.73. The SMILES string of the molecule is COc1ccc(-c2nc(SC(C)C(=O)Nc3cc(C)ccc3C)n[nH]2)c(OC)c1. The van der Waals surface area contributed by atoms with Crippen LogP contribution in [0.4, 0.5) is 5.69 Å². The molecular weight excluding hydrogens is 388 g/mol. The van der Waals surface area contributed by atoms with Crippen LogP contribution in [0.5, 0.6) is 11.5 Å². The van der Waals surface area contributed by atoms with Gasteiger partial charge >= 0.3 is 0 Å². The monoisotopic (exact) mass is 412 g/mol. The largest absolute Gasteiger partial charge is 0.497 e. The van der Waals surface area contributed by atoms with Crippen LogP contribution in [0.1, 0.15) is 18.1 Å². The molecule has 1 aromatic heterocycles. The Labute approximate surface area is 174 Å². The van der Waals surface area contributed by atoms with Crippen molar-refractivity contribution in [3.05, 3.63) is 47.5 Å². The van der Waals surface area contributed by atoms with Crippen LogP contribution in [-0.2, 0) is 4.79 Å². The number of hydrogen-bond acceptors (Lipinski definition) is 6. The van der Waals surface area contributed by atoms with Crippen LogP contribution in [0, 0.1) is 13.8 Å². The van der Waals surface area contributed by atoms with Crippen molar-refractivity contribution in [3.63, 3.8) is 0 Å². The van der Waals surface area contributed by atoms with E-state index in [1.54, 1.807) is 20.3 Å². The number of nitrogens with zero attached hydrogens (tertiary/aromatic N) is 2. The number of carbonyl (C=O) groups excluding carboxylic acids is 1. The lowest BCUT2D eigenvalue weighted by atomic mass is 10.1. The molecule has 7 nitrogen and oxygen atoms in total. The summed E-state index contributed by atoms with van der Waals surface area (Å²) in [6.45, 7) is 5.79. The lowest BCUT2D eigenvalue weighted by Gasteiger charge is -2.12. The molecule has 1 atom stereocenters. The predicted octanol–water partition coefficient (Wildman–Crippen LogP) is 4.23. The first-order valence-electron chi connectivity index (χ1n) is 9.11. The number of aromatic amines is 1. The maximum atomic E-state index is 12.6. The molecule has 29 heavy (non-hydrogen) atoms. The number of aromatic nitrogens is 3. The van der Waals surface area contributed by atoms with E-state index in [2.05, 4.69) is 20.5 Å². The minimum absolute atomic E-state index is 0.0999. The van der Waals surface area contributed by atoms with Crippen molar-refractivity contribution >= 4 is 23.4 Å². The number of benzene rings is 2. The highest BCUT2D eigenvalue weighted by atomic mass is 32.2. The van der Waals surface area contributed by atoms with Crippen LogP contribution in [0.25, 0.3) is 11.4 Å². The topological polar surface area (TPSA) is 89.1 Å². The Morgan fingerprint density at radius 2 is 1.93 bits per heavy atom. The van der Waals surface area contributed by atoms with Gasteiger partial charge in [0.05, 0.1) is 25.0 Å². The molecule has 2 aromatic carbocycles. The van der Waals surface area contributed by atoms with E-state index in [1.165, 1.54) is 11.8 Å². The fourth-order valence-corrected chi connectivity index (χ4v) is 3.45. The van der Waals surface area contributed by atoms with Gasteiger partial charge in [-0.15, -0.1) is 5.10 Å². The third kappa shape index (κ3) is 4.89. The van der Waals surface area contributed by atoms with Gasteiger partial charge in [0.15, 0.2) is 5.82 Å². The number of rotatable bonds is 7. The lowest BCUT2D eigenvalue weighted by Crippen LogP contribution is -2.23. The summed E-state index contributed by atoms with van der Waals surface area (Å²) in [7, 11) is 3.19. The van der Waals surface area contributed by atoms with E-state index in [1.807, 2.05) is 51.1 Å². The van der Waals surface area contributed by atoms with Gasteiger partial charge < -0.3 is 14.8 Å². The molecule has 1 heterocycles. The number of hydrogen-bond donors (Lipinski definition) is 2. The first-order valence-corrected chi connectivity index (χ1v) is 9.98. The van der Waals surface area contributed by atoms with Crippen molar-refractivity contribution < 1.29 is 14.3 Å². The highest BCUT2D eigenvalue weighted by Crippen LogP contribution is 2.32. The normalized spacial score (nSPS) is 11.8. The Morgan fingerprint density at radius 1 is 1.14 bits per heavy atom. The summed E-state index contributed by atoms with van der Waals surface area (Å²) in [6.07, 6.45) is 0. The molecule has 152 valence electrons. The summed E-state index contributed by atoms with van der Waals surface area (Å²) in [4.78, 5) is 17.1. The van der Waals surface area contributed by atoms with Crippen LogP contribution in [0.15, 0.2) is 41.6 Å². The molecule has 0 fully saturated rings. The maximum absolute atomic E-state index is 12.6. The van der Waals surface area contributed by atoms with E-state index in [9.17, 15) is 4.79 Å². The second-order valence-electron chi connectivity index (χ2n) is 6.60. The van der Waals surface area contributed by atoms with E-state index in [-0.39, 0.29) is 11.2 Å². The predicted molar refractivity (Wildman–Crippen MR) is 115 cm³/mol. The van der Waals surface area contributed by atoms with Crippen molar-refractivity contribution in [2.75, 3.05) is 19.5 Å². The van der Waals surface area contributed by atoms with E-state index in [4.69, 9.17) is 9.47 Å². The van der Waals surface area contributed by atoms with Crippen LogP contribution < -0.4 is 14.8 Å². The number of carbonyl (C=O) groups is 1. The number of H-pyrrole nitrogens is 1. The second-order valence-corrected chi connectivity index (χ2v) is 7.91. The van der Waals surface area contributed by atoms with E-state index in [0.717, 1.165) is 22.4 Å². The zero-order valence-corrected chi connectivity index (χ0v) is 17.9. The molecule has 0 aliphatic rings. The minimum atomic E-state index is -0.365. The summed E-state index contributed by atoms with van der Waals surface area (Å²) in [6, 6.07) is 11.4. The van der Waals surface area contributed by atoms with Gasteiger partial charge in [0.1, 0.15) is 11.5 Å². The van der Waals surface area contributed by atoms with Gasteiger partial charge in [-0.2, -0.15) is 0 Å². The molecule has 0 saturated heterocycles. The molecule has 0 aliphatic carbocycles. The fraction of sp³-hybridized carbons (Fsp3) is 0.286. The van der Waals surface area contributed by atoms with Gasteiger partial charge in [0.2, 0.25) is 11.1 Å². The highest BCUT2D eigenvalue weighted by molar-refractivity contribution is 8.00. The van der Waals surface area contributed by atoms with Crippen LogP contribution >= 0.6 is 11.8 Å². The number of ether oxygens (including phenoxy) is 2. The summed E-state index contributed by atoms with van der Waals surface area (Å²) in [5.41, 5.74) is 3.70. The van der Waals surface area contributed by atoms with Gasteiger partial charge in [-0.1, -0.05) is 23.9 Å². The van der Waals surface area contributed by atoms with E-state index in [0.29, 0.717) is 22.5 Å². The Hall–Kier alpha value is -3.00. The molecule has 0 radical (unpaired) electrons. The number of methoxy groups -OCH3 is 2. The minimum Gasteiger partial charge on any atom is -0.497 e. The van der Waals surface area contributed by atoms with Crippen LogP contribution in [-0.4, -0.2) is 40.6 Å². The van der Waals surface area contributed by atoms with Crippen molar-refractivity contribution in [2.45, 2.75) is 31.2 Å². The van der Waals surface area contributed by atoms with Crippen molar-refractivity contribution in [3.8, 4) is 22.9 Å². The van der Waals surface area contributed by atoms with Crippen molar-refractivity contribution in [1.29, 1.82) is 0 Å². The second kappa shape index (κ2) is 9.00. The molecule has 3 aromatic rings. The summed E-state index contributed by atoms with van der Waals surface area (Å²) in [5, 5.41) is 10.2.